The maximum atomic E-state index is 12.4. The summed E-state index contributed by atoms with van der Waals surface area (Å²) in [5.74, 6) is -0.106. The first-order valence-electron chi connectivity index (χ1n) is 7.47. The number of nitrogens with zero attached hydrogens (tertiary/aromatic N) is 1. The highest BCUT2D eigenvalue weighted by molar-refractivity contribution is 7.91. The van der Waals surface area contributed by atoms with E-state index < -0.39 is 10.0 Å². The Morgan fingerprint density at radius 2 is 1.78 bits per heavy atom. The van der Waals surface area contributed by atoms with E-state index in [9.17, 15) is 13.2 Å². The van der Waals surface area contributed by atoms with Gasteiger partial charge in [0, 0.05) is 24.7 Å². The minimum atomic E-state index is -3.38. The van der Waals surface area contributed by atoms with Gasteiger partial charge in [0.15, 0.2) is 0 Å². The number of carbonyl (C=O) groups is 1. The van der Waals surface area contributed by atoms with Crippen LogP contribution in [0.25, 0.3) is 0 Å². The van der Waals surface area contributed by atoms with Crippen molar-refractivity contribution in [2.24, 2.45) is 0 Å². The van der Waals surface area contributed by atoms with Gasteiger partial charge in [-0.25, -0.2) is 8.42 Å². The quantitative estimate of drug-likeness (QED) is 0.920. The maximum absolute atomic E-state index is 12.4. The molecule has 7 heteroatoms. The normalized spacial score (nSPS) is 17.0. The minimum Gasteiger partial charge on any atom is -0.349 e. The smallest absolute Gasteiger partial charge is 0.252 e. The SMILES string of the molecule is O=C(NC1CCN(S(=O)(=O)c2cccs2)CC1)c1ccccc1. The van der Waals surface area contributed by atoms with Crippen LogP contribution >= 0.6 is 11.3 Å². The Kier molecular flexibility index (Phi) is 4.79. The van der Waals surface area contributed by atoms with Crippen LogP contribution in [0.2, 0.25) is 0 Å². The third kappa shape index (κ3) is 3.63. The van der Waals surface area contributed by atoms with E-state index in [1.165, 1.54) is 15.6 Å². The van der Waals surface area contributed by atoms with Gasteiger partial charge < -0.3 is 5.32 Å². The standard InChI is InChI=1S/C16H18N2O3S2/c19-16(13-5-2-1-3-6-13)17-14-8-10-18(11-9-14)23(20,21)15-7-4-12-22-15/h1-7,12,14H,8-11H2,(H,17,19). The molecule has 0 bridgehead atoms. The van der Waals surface area contributed by atoms with Crippen LogP contribution in [-0.4, -0.2) is 37.8 Å². The summed E-state index contributed by atoms with van der Waals surface area (Å²) in [6, 6.07) is 12.4. The average Bonchev–Trinajstić information content (AvgIpc) is 3.11. The molecule has 1 amide bonds. The first kappa shape index (κ1) is 16.2. The van der Waals surface area contributed by atoms with E-state index in [1.54, 1.807) is 29.6 Å². The largest absolute Gasteiger partial charge is 0.349 e. The van der Waals surface area contributed by atoms with Crippen molar-refractivity contribution in [3.05, 3.63) is 53.4 Å². The second-order valence-corrected chi connectivity index (χ2v) is 8.56. The molecule has 2 heterocycles. The van der Waals surface area contributed by atoms with Crippen molar-refractivity contribution in [1.29, 1.82) is 0 Å². The molecule has 1 aromatic carbocycles. The molecule has 0 unspecified atom stereocenters. The van der Waals surface area contributed by atoms with Crippen molar-refractivity contribution < 1.29 is 13.2 Å². The predicted molar refractivity (Wildman–Crippen MR) is 90.0 cm³/mol. The van der Waals surface area contributed by atoms with E-state index in [-0.39, 0.29) is 11.9 Å². The second-order valence-electron chi connectivity index (χ2n) is 5.45. The van der Waals surface area contributed by atoms with Crippen LogP contribution in [0.3, 0.4) is 0 Å². The Morgan fingerprint density at radius 3 is 2.39 bits per heavy atom. The molecule has 0 spiro atoms. The first-order valence-corrected chi connectivity index (χ1v) is 9.79. The van der Waals surface area contributed by atoms with Crippen LogP contribution in [0.5, 0.6) is 0 Å². The Bertz CT molecular complexity index is 750. The lowest BCUT2D eigenvalue weighted by Crippen LogP contribution is -2.46. The molecule has 0 radical (unpaired) electrons. The van der Waals surface area contributed by atoms with E-state index >= 15 is 0 Å². The predicted octanol–water partition coefficient (Wildman–Crippen LogP) is 2.33. The van der Waals surface area contributed by atoms with Gasteiger partial charge in [-0.05, 0) is 36.4 Å². The fraction of sp³-hybridized carbons (Fsp3) is 0.312. The Hall–Kier alpha value is -1.70. The molecule has 1 aliphatic rings. The third-order valence-electron chi connectivity index (χ3n) is 3.91. The maximum Gasteiger partial charge on any atom is 0.252 e. The van der Waals surface area contributed by atoms with E-state index in [1.807, 2.05) is 18.2 Å². The second kappa shape index (κ2) is 6.82. The Morgan fingerprint density at radius 1 is 1.09 bits per heavy atom. The van der Waals surface area contributed by atoms with Gasteiger partial charge in [0.05, 0.1) is 0 Å². The summed E-state index contributed by atoms with van der Waals surface area (Å²) < 4.78 is 26.8. The number of sulfonamides is 1. The monoisotopic (exact) mass is 350 g/mol. The van der Waals surface area contributed by atoms with Crippen molar-refractivity contribution in [1.82, 2.24) is 9.62 Å². The number of hydrogen-bond acceptors (Lipinski definition) is 4. The summed E-state index contributed by atoms with van der Waals surface area (Å²) in [6.07, 6.45) is 1.26. The highest BCUT2D eigenvalue weighted by atomic mass is 32.2. The molecule has 1 aromatic heterocycles. The molecule has 1 fully saturated rings. The molecule has 3 rings (SSSR count). The fourth-order valence-electron chi connectivity index (χ4n) is 2.64. The van der Waals surface area contributed by atoms with Crippen molar-refractivity contribution in [2.75, 3.05) is 13.1 Å². The molecule has 1 saturated heterocycles. The number of carbonyl (C=O) groups excluding carboxylic acids is 1. The number of thiophene rings is 1. The zero-order chi connectivity index (χ0) is 16.3. The summed E-state index contributed by atoms with van der Waals surface area (Å²) in [5, 5.41) is 4.75. The number of hydrogen-bond donors (Lipinski definition) is 1. The van der Waals surface area contributed by atoms with Crippen LogP contribution in [0, 0.1) is 0 Å². The van der Waals surface area contributed by atoms with Gasteiger partial charge in [-0.3, -0.25) is 4.79 Å². The first-order chi connectivity index (χ1) is 11.1. The van der Waals surface area contributed by atoms with Gasteiger partial charge in [-0.1, -0.05) is 24.3 Å². The lowest BCUT2D eigenvalue weighted by Gasteiger charge is -2.31. The molecule has 0 saturated carbocycles. The zero-order valence-corrected chi connectivity index (χ0v) is 14.1. The Balaban J connectivity index is 1.58. The van der Waals surface area contributed by atoms with Crippen LogP contribution in [0.4, 0.5) is 0 Å². The summed E-state index contributed by atoms with van der Waals surface area (Å²) >= 11 is 1.23. The number of rotatable bonds is 4. The molecule has 122 valence electrons. The van der Waals surface area contributed by atoms with Gasteiger partial charge in [-0.15, -0.1) is 11.3 Å². The number of piperidine rings is 1. The summed E-state index contributed by atoms with van der Waals surface area (Å²) in [7, 11) is -3.38. The number of nitrogens with one attached hydrogen (secondary N) is 1. The Labute approximate surface area is 140 Å². The molecular weight excluding hydrogens is 332 g/mol. The van der Waals surface area contributed by atoms with Crippen LogP contribution in [0.1, 0.15) is 23.2 Å². The molecule has 23 heavy (non-hydrogen) atoms. The van der Waals surface area contributed by atoms with Crippen molar-refractivity contribution in [2.45, 2.75) is 23.1 Å². The molecular formula is C16H18N2O3S2. The highest BCUT2D eigenvalue weighted by Gasteiger charge is 2.30. The average molecular weight is 350 g/mol. The number of benzene rings is 1. The summed E-state index contributed by atoms with van der Waals surface area (Å²) in [5.41, 5.74) is 0.626. The lowest BCUT2D eigenvalue weighted by molar-refractivity contribution is 0.0924. The molecule has 2 aromatic rings. The van der Waals surface area contributed by atoms with Crippen molar-refractivity contribution in [3.63, 3.8) is 0 Å². The van der Waals surface area contributed by atoms with E-state index in [2.05, 4.69) is 5.32 Å². The molecule has 1 N–H and O–H groups in total. The van der Waals surface area contributed by atoms with E-state index in [0.29, 0.717) is 35.7 Å². The topological polar surface area (TPSA) is 66.5 Å². The molecule has 1 aliphatic heterocycles. The highest BCUT2D eigenvalue weighted by Crippen LogP contribution is 2.24. The zero-order valence-electron chi connectivity index (χ0n) is 12.5. The van der Waals surface area contributed by atoms with Crippen LogP contribution < -0.4 is 5.32 Å². The third-order valence-corrected chi connectivity index (χ3v) is 7.19. The van der Waals surface area contributed by atoms with Gasteiger partial charge in [0.25, 0.3) is 15.9 Å². The van der Waals surface area contributed by atoms with E-state index in [0.717, 1.165) is 0 Å². The van der Waals surface area contributed by atoms with Gasteiger partial charge in [-0.2, -0.15) is 4.31 Å². The van der Waals surface area contributed by atoms with Crippen molar-refractivity contribution >= 4 is 27.3 Å². The van der Waals surface area contributed by atoms with Crippen molar-refractivity contribution in [3.8, 4) is 0 Å². The molecule has 0 aliphatic carbocycles. The summed E-state index contributed by atoms with van der Waals surface area (Å²) in [4.78, 5) is 12.1. The number of amides is 1. The molecule has 5 nitrogen and oxygen atoms in total. The van der Waals surface area contributed by atoms with Crippen LogP contribution in [-0.2, 0) is 10.0 Å². The van der Waals surface area contributed by atoms with Gasteiger partial charge >= 0.3 is 0 Å². The molecule has 0 atom stereocenters. The van der Waals surface area contributed by atoms with Gasteiger partial charge in [0.2, 0.25) is 0 Å². The lowest BCUT2D eigenvalue weighted by atomic mass is 10.1. The summed E-state index contributed by atoms with van der Waals surface area (Å²) in [6.45, 7) is 0.861. The van der Waals surface area contributed by atoms with Crippen LogP contribution in [0.15, 0.2) is 52.1 Å². The minimum absolute atomic E-state index is 0.0116. The van der Waals surface area contributed by atoms with Gasteiger partial charge in [0.1, 0.15) is 4.21 Å². The van der Waals surface area contributed by atoms with E-state index in [4.69, 9.17) is 0 Å². The fourth-order valence-corrected chi connectivity index (χ4v) is 5.25.